The van der Waals surface area contributed by atoms with E-state index in [0.717, 1.165) is 16.6 Å². The smallest absolute Gasteiger partial charge is 0.243 e. The maximum atomic E-state index is 12.7. The topological polar surface area (TPSA) is 64.4 Å². The summed E-state index contributed by atoms with van der Waals surface area (Å²) in [6.07, 6.45) is 0. The summed E-state index contributed by atoms with van der Waals surface area (Å²) in [4.78, 5) is 2.54. The van der Waals surface area contributed by atoms with E-state index in [1.165, 1.54) is 0 Å². The Bertz CT molecular complexity index is 883. The number of nitrogens with zero attached hydrogens (tertiary/aromatic N) is 3. The molecule has 2 aromatic carbocycles. The Morgan fingerprint density at radius 1 is 1.04 bits per heavy atom. The monoisotopic (exact) mass is 419 g/mol. The molecule has 0 saturated carbocycles. The highest BCUT2D eigenvalue weighted by molar-refractivity contribution is 9.10. The van der Waals surface area contributed by atoms with E-state index in [-0.39, 0.29) is 0 Å². The van der Waals surface area contributed by atoms with Crippen LogP contribution in [0, 0.1) is 11.3 Å². The van der Waals surface area contributed by atoms with Crippen LogP contribution in [0.25, 0.3) is 0 Å². The molecule has 0 bridgehead atoms. The number of sulfonamides is 1. The van der Waals surface area contributed by atoms with Gasteiger partial charge in [0, 0.05) is 37.2 Å². The molecule has 0 unspecified atom stereocenters. The van der Waals surface area contributed by atoms with Gasteiger partial charge in [-0.1, -0.05) is 28.1 Å². The Morgan fingerprint density at radius 2 is 1.72 bits per heavy atom. The Kier molecular flexibility index (Phi) is 5.54. The molecule has 0 atom stereocenters. The predicted molar refractivity (Wildman–Crippen MR) is 99.3 cm³/mol. The van der Waals surface area contributed by atoms with Crippen molar-refractivity contribution in [2.75, 3.05) is 26.2 Å². The van der Waals surface area contributed by atoms with Gasteiger partial charge in [0.15, 0.2) is 0 Å². The highest BCUT2D eigenvalue weighted by atomic mass is 79.9. The minimum Gasteiger partial charge on any atom is -0.296 e. The van der Waals surface area contributed by atoms with Gasteiger partial charge in [-0.2, -0.15) is 9.57 Å². The molecule has 1 heterocycles. The van der Waals surface area contributed by atoms with Crippen molar-refractivity contribution in [1.82, 2.24) is 9.21 Å². The summed E-state index contributed by atoms with van der Waals surface area (Å²) in [5.74, 6) is 0. The molecule has 1 fully saturated rings. The molecule has 25 heavy (non-hydrogen) atoms. The number of rotatable bonds is 4. The minimum absolute atomic E-state index is 0.325. The summed E-state index contributed by atoms with van der Waals surface area (Å²) in [6, 6.07) is 16.4. The molecule has 0 N–H and O–H groups in total. The standard InChI is InChI=1S/C18H18BrN3O2S/c19-17-4-6-18(7-5-17)25(23,24)22-10-8-21(9-11-22)14-16-3-1-2-15(12-16)13-20/h1-7,12H,8-11,14H2. The molecule has 1 saturated heterocycles. The average molecular weight is 420 g/mol. The zero-order chi connectivity index (χ0) is 17.9. The zero-order valence-corrected chi connectivity index (χ0v) is 16.0. The molecule has 130 valence electrons. The van der Waals surface area contributed by atoms with Crippen molar-refractivity contribution in [1.29, 1.82) is 5.26 Å². The largest absolute Gasteiger partial charge is 0.296 e. The molecule has 1 aliphatic heterocycles. The molecular weight excluding hydrogens is 402 g/mol. The third kappa shape index (κ3) is 4.28. The Balaban J connectivity index is 1.63. The number of hydrogen-bond acceptors (Lipinski definition) is 4. The van der Waals surface area contributed by atoms with E-state index in [1.54, 1.807) is 34.6 Å². The van der Waals surface area contributed by atoms with Gasteiger partial charge in [0.05, 0.1) is 16.5 Å². The lowest BCUT2D eigenvalue weighted by Crippen LogP contribution is -2.48. The fraction of sp³-hybridized carbons (Fsp3) is 0.278. The molecule has 0 radical (unpaired) electrons. The van der Waals surface area contributed by atoms with Gasteiger partial charge in [-0.05, 0) is 42.0 Å². The second kappa shape index (κ2) is 7.67. The van der Waals surface area contributed by atoms with Crippen molar-refractivity contribution in [3.05, 3.63) is 64.1 Å². The normalized spacial score (nSPS) is 16.5. The predicted octanol–water partition coefficient (Wildman–Crippen LogP) is 2.83. The summed E-state index contributed by atoms with van der Waals surface area (Å²) < 4.78 is 27.8. The summed E-state index contributed by atoms with van der Waals surface area (Å²) in [6.45, 7) is 3.01. The molecule has 0 aromatic heterocycles. The zero-order valence-electron chi connectivity index (χ0n) is 13.6. The average Bonchev–Trinajstić information content (AvgIpc) is 2.63. The van der Waals surface area contributed by atoms with Crippen LogP contribution in [0.15, 0.2) is 57.9 Å². The third-order valence-corrected chi connectivity index (χ3v) is 6.69. The van der Waals surface area contributed by atoms with E-state index in [4.69, 9.17) is 5.26 Å². The number of hydrogen-bond donors (Lipinski definition) is 0. The van der Waals surface area contributed by atoms with Crippen LogP contribution in [0.1, 0.15) is 11.1 Å². The van der Waals surface area contributed by atoms with Crippen molar-refractivity contribution < 1.29 is 8.42 Å². The van der Waals surface area contributed by atoms with Crippen LogP contribution >= 0.6 is 15.9 Å². The first kappa shape index (κ1) is 18.1. The van der Waals surface area contributed by atoms with Gasteiger partial charge in [-0.15, -0.1) is 0 Å². The highest BCUT2D eigenvalue weighted by Gasteiger charge is 2.28. The SMILES string of the molecule is N#Cc1cccc(CN2CCN(S(=O)(=O)c3ccc(Br)cc3)CC2)c1. The number of nitriles is 1. The fourth-order valence-electron chi connectivity index (χ4n) is 2.88. The molecular formula is C18H18BrN3O2S. The Hall–Kier alpha value is -1.72. The lowest BCUT2D eigenvalue weighted by molar-refractivity contribution is 0.181. The van der Waals surface area contributed by atoms with Crippen molar-refractivity contribution in [3.8, 4) is 6.07 Å². The second-order valence-corrected chi connectivity index (χ2v) is 8.80. The molecule has 7 heteroatoms. The molecule has 3 rings (SSSR count). The maximum Gasteiger partial charge on any atom is 0.243 e. The first-order chi connectivity index (χ1) is 12.0. The van der Waals surface area contributed by atoms with Crippen LogP contribution in [-0.2, 0) is 16.6 Å². The van der Waals surface area contributed by atoms with Crippen molar-refractivity contribution in [2.45, 2.75) is 11.4 Å². The van der Waals surface area contributed by atoms with Crippen LogP contribution in [0.4, 0.5) is 0 Å². The third-order valence-electron chi connectivity index (χ3n) is 4.24. The maximum absolute atomic E-state index is 12.7. The number of benzene rings is 2. The molecule has 0 spiro atoms. The second-order valence-electron chi connectivity index (χ2n) is 5.95. The first-order valence-electron chi connectivity index (χ1n) is 7.96. The van der Waals surface area contributed by atoms with Crippen molar-refractivity contribution >= 4 is 26.0 Å². The quantitative estimate of drug-likeness (QED) is 0.763. The van der Waals surface area contributed by atoms with Crippen LogP contribution < -0.4 is 0 Å². The van der Waals surface area contributed by atoms with E-state index >= 15 is 0 Å². The van der Waals surface area contributed by atoms with Gasteiger partial charge in [0.1, 0.15) is 0 Å². The van der Waals surface area contributed by atoms with E-state index < -0.39 is 10.0 Å². The van der Waals surface area contributed by atoms with Gasteiger partial charge in [0.25, 0.3) is 0 Å². The first-order valence-corrected chi connectivity index (χ1v) is 10.2. The van der Waals surface area contributed by atoms with Crippen LogP contribution in [0.2, 0.25) is 0 Å². The summed E-state index contributed by atoms with van der Waals surface area (Å²) in [5.41, 5.74) is 1.72. The van der Waals surface area contributed by atoms with Gasteiger partial charge in [-0.3, -0.25) is 4.90 Å². The summed E-state index contributed by atoms with van der Waals surface area (Å²) in [5, 5.41) is 8.98. The van der Waals surface area contributed by atoms with Gasteiger partial charge >= 0.3 is 0 Å². The van der Waals surface area contributed by atoms with E-state index in [2.05, 4.69) is 26.9 Å². The number of halogens is 1. The van der Waals surface area contributed by atoms with Gasteiger partial charge in [0.2, 0.25) is 10.0 Å². The van der Waals surface area contributed by atoms with Crippen LogP contribution in [0.3, 0.4) is 0 Å². The summed E-state index contributed by atoms with van der Waals surface area (Å²) in [7, 11) is -3.44. The lowest BCUT2D eigenvalue weighted by atomic mass is 10.1. The minimum atomic E-state index is -3.44. The molecule has 5 nitrogen and oxygen atoms in total. The number of piperazine rings is 1. The van der Waals surface area contributed by atoms with E-state index in [9.17, 15) is 8.42 Å². The van der Waals surface area contributed by atoms with Gasteiger partial charge < -0.3 is 0 Å². The summed E-state index contributed by atoms with van der Waals surface area (Å²) >= 11 is 3.32. The highest BCUT2D eigenvalue weighted by Crippen LogP contribution is 2.20. The lowest BCUT2D eigenvalue weighted by Gasteiger charge is -2.34. The molecule has 1 aliphatic rings. The van der Waals surface area contributed by atoms with E-state index in [0.29, 0.717) is 36.6 Å². The van der Waals surface area contributed by atoms with E-state index in [1.807, 2.05) is 18.2 Å². The van der Waals surface area contributed by atoms with Crippen molar-refractivity contribution in [3.63, 3.8) is 0 Å². The van der Waals surface area contributed by atoms with Gasteiger partial charge in [-0.25, -0.2) is 8.42 Å². The van der Waals surface area contributed by atoms with Crippen LogP contribution in [-0.4, -0.2) is 43.8 Å². The Morgan fingerprint density at radius 3 is 2.36 bits per heavy atom. The molecule has 2 aromatic rings. The van der Waals surface area contributed by atoms with Crippen LogP contribution in [0.5, 0.6) is 0 Å². The Labute approximate surface area is 156 Å². The van der Waals surface area contributed by atoms with Crippen molar-refractivity contribution in [2.24, 2.45) is 0 Å². The molecule has 0 aliphatic carbocycles. The molecule has 0 amide bonds. The fourth-order valence-corrected chi connectivity index (χ4v) is 4.57.